The molecule has 118 valence electrons. The number of halogens is 1. The van der Waals surface area contributed by atoms with E-state index in [1.807, 2.05) is 0 Å². The average Bonchev–Trinajstić information content (AvgIpc) is 2.80. The second-order valence-corrected chi connectivity index (χ2v) is 5.30. The van der Waals surface area contributed by atoms with Gasteiger partial charge in [-0.3, -0.25) is 9.59 Å². The predicted octanol–water partition coefficient (Wildman–Crippen LogP) is 1.64. The highest BCUT2D eigenvalue weighted by molar-refractivity contribution is 5.98. The highest BCUT2D eigenvalue weighted by Crippen LogP contribution is 2.19. The minimum Gasteiger partial charge on any atom is -0.345 e. The zero-order valence-corrected chi connectivity index (χ0v) is 12.7. The summed E-state index contributed by atoms with van der Waals surface area (Å²) >= 11 is 0. The molecule has 2 aromatic heterocycles. The molecule has 3 aromatic rings. The van der Waals surface area contributed by atoms with Crippen molar-refractivity contribution in [1.29, 1.82) is 0 Å². The first-order chi connectivity index (χ1) is 10.9. The minimum atomic E-state index is -0.349. The molecule has 0 spiro atoms. The summed E-state index contributed by atoms with van der Waals surface area (Å²) in [5.41, 5.74) is 1.39. The van der Waals surface area contributed by atoms with Gasteiger partial charge in [0.2, 0.25) is 0 Å². The first kappa shape index (κ1) is 15.0. The Morgan fingerprint density at radius 2 is 2.13 bits per heavy atom. The number of carbonyl (C=O) groups excluding carboxylic acids is 1. The van der Waals surface area contributed by atoms with Crippen LogP contribution in [0.1, 0.15) is 22.0 Å². The monoisotopic (exact) mass is 314 g/mol. The molecule has 0 unspecified atom stereocenters. The van der Waals surface area contributed by atoms with Gasteiger partial charge in [0.15, 0.2) is 0 Å². The quantitative estimate of drug-likeness (QED) is 0.771. The van der Waals surface area contributed by atoms with Gasteiger partial charge in [0, 0.05) is 24.0 Å². The molecule has 0 saturated carbocycles. The predicted molar refractivity (Wildman–Crippen MR) is 83.6 cm³/mol. The van der Waals surface area contributed by atoms with Crippen LogP contribution in [-0.4, -0.2) is 20.4 Å². The third-order valence-electron chi connectivity index (χ3n) is 3.58. The maximum absolute atomic E-state index is 13.3. The maximum Gasteiger partial charge on any atom is 0.268 e. The van der Waals surface area contributed by atoms with Crippen LogP contribution < -0.4 is 10.9 Å². The number of carbonyl (C=O) groups is 1. The highest BCUT2D eigenvalue weighted by Gasteiger charge is 2.14. The molecule has 1 aromatic carbocycles. The van der Waals surface area contributed by atoms with Crippen molar-refractivity contribution in [3.63, 3.8) is 0 Å². The van der Waals surface area contributed by atoms with Gasteiger partial charge < -0.3 is 14.9 Å². The zero-order valence-electron chi connectivity index (χ0n) is 12.7. The Morgan fingerprint density at radius 3 is 2.87 bits per heavy atom. The number of aromatic nitrogens is 3. The minimum absolute atomic E-state index is 0.138. The lowest BCUT2D eigenvalue weighted by Crippen LogP contribution is -2.26. The van der Waals surface area contributed by atoms with Crippen molar-refractivity contribution in [3.05, 3.63) is 63.7 Å². The van der Waals surface area contributed by atoms with E-state index in [9.17, 15) is 14.0 Å². The van der Waals surface area contributed by atoms with Crippen LogP contribution in [0.5, 0.6) is 0 Å². The fraction of sp³-hybridized carbons (Fsp3) is 0.188. The van der Waals surface area contributed by atoms with E-state index in [1.165, 1.54) is 18.2 Å². The van der Waals surface area contributed by atoms with Gasteiger partial charge in [-0.05, 0) is 31.2 Å². The third kappa shape index (κ3) is 2.98. The van der Waals surface area contributed by atoms with Gasteiger partial charge in [0.05, 0.1) is 12.2 Å². The number of aromatic amines is 1. The molecule has 0 aliphatic carbocycles. The van der Waals surface area contributed by atoms with Gasteiger partial charge in [0.25, 0.3) is 11.5 Å². The smallest absolute Gasteiger partial charge is 0.268 e. The van der Waals surface area contributed by atoms with Crippen LogP contribution in [-0.2, 0) is 13.6 Å². The van der Waals surface area contributed by atoms with E-state index in [-0.39, 0.29) is 23.8 Å². The molecule has 2 N–H and O–H groups in total. The Labute approximate surface area is 131 Å². The Hall–Kier alpha value is -2.96. The van der Waals surface area contributed by atoms with Gasteiger partial charge in [-0.2, -0.15) is 0 Å². The number of benzene rings is 1. The molecule has 1 amide bonds. The van der Waals surface area contributed by atoms with E-state index in [2.05, 4.69) is 15.3 Å². The Kier molecular flexibility index (Phi) is 3.69. The summed E-state index contributed by atoms with van der Waals surface area (Å²) in [5, 5.41) is 3.37. The molecule has 0 fully saturated rings. The van der Waals surface area contributed by atoms with Crippen LogP contribution in [0.2, 0.25) is 0 Å². The Morgan fingerprint density at radius 1 is 1.35 bits per heavy atom. The molecule has 0 aliphatic heterocycles. The molecular weight excluding hydrogens is 299 g/mol. The van der Waals surface area contributed by atoms with Gasteiger partial charge >= 0.3 is 0 Å². The summed E-state index contributed by atoms with van der Waals surface area (Å²) in [6.07, 6.45) is 0. The van der Waals surface area contributed by atoms with E-state index < -0.39 is 0 Å². The molecule has 0 bridgehead atoms. The van der Waals surface area contributed by atoms with Gasteiger partial charge in [-0.1, -0.05) is 0 Å². The van der Waals surface area contributed by atoms with E-state index >= 15 is 0 Å². The number of nitrogens with zero attached hydrogens (tertiary/aromatic N) is 2. The van der Waals surface area contributed by atoms with Crippen LogP contribution in [0.15, 0.2) is 35.1 Å². The first-order valence-electron chi connectivity index (χ1n) is 7.04. The van der Waals surface area contributed by atoms with Gasteiger partial charge in [0.1, 0.15) is 17.3 Å². The summed E-state index contributed by atoms with van der Waals surface area (Å²) in [4.78, 5) is 30.4. The SMILES string of the molecule is Cc1nc(CNC(=O)c2cc3cc(F)ccc3n2C)cc(=O)[nH]1. The van der Waals surface area contributed by atoms with Crippen molar-refractivity contribution >= 4 is 16.8 Å². The Balaban J connectivity index is 1.83. The summed E-state index contributed by atoms with van der Waals surface area (Å²) in [6.45, 7) is 1.81. The second kappa shape index (κ2) is 5.68. The van der Waals surface area contributed by atoms with Crippen molar-refractivity contribution < 1.29 is 9.18 Å². The number of rotatable bonds is 3. The molecule has 0 aliphatic rings. The highest BCUT2D eigenvalue weighted by atomic mass is 19.1. The largest absolute Gasteiger partial charge is 0.345 e. The number of amides is 1. The molecule has 7 heteroatoms. The van der Waals surface area contributed by atoms with Crippen LogP contribution in [0.4, 0.5) is 4.39 Å². The molecule has 3 rings (SSSR count). The van der Waals surface area contributed by atoms with Crippen molar-refractivity contribution in [2.24, 2.45) is 7.05 Å². The lowest BCUT2D eigenvalue weighted by Gasteiger charge is -2.06. The van der Waals surface area contributed by atoms with Crippen molar-refractivity contribution in [2.75, 3.05) is 0 Å². The van der Waals surface area contributed by atoms with E-state index in [0.717, 1.165) is 5.52 Å². The lowest BCUT2D eigenvalue weighted by atomic mass is 10.2. The normalized spacial score (nSPS) is 10.9. The number of hydrogen-bond donors (Lipinski definition) is 2. The van der Waals surface area contributed by atoms with E-state index in [0.29, 0.717) is 22.6 Å². The van der Waals surface area contributed by atoms with Crippen molar-refractivity contribution in [2.45, 2.75) is 13.5 Å². The first-order valence-corrected chi connectivity index (χ1v) is 7.04. The number of H-pyrrole nitrogens is 1. The molecule has 6 nitrogen and oxygen atoms in total. The van der Waals surface area contributed by atoms with Crippen LogP contribution in [0.25, 0.3) is 10.9 Å². The van der Waals surface area contributed by atoms with Crippen LogP contribution >= 0.6 is 0 Å². The number of fused-ring (bicyclic) bond motifs is 1. The summed E-state index contributed by atoms with van der Waals surface area (Å²) in [5.74, 6) is -0.177. The zero-order chi connectivity index (χ0) is 16.6. The maximum atomic E-state index is 13.3. The van der Waals surface area contributed by atoms with E-state index in [1.54, 1.807) is 30.7 Å². The van der Waals surface area contributed by atoms with Crippen LogP contribution in [0.3, 0.4) is 0 Å². The van der Waals surface area contributed by atoms with Gasteiger partial charge in [-0.25, -0.2) is 9.37 Å². The third-order valence-corrected chi connectivity index (χ3v) is 3.58. The molecule has 2 heterocycles. The fourth-order valence-corrected chi connectivity index (χ4v) is 2.53. The van der Waals surface area contributed by atoms with Crippen molar-refractivity contribution in [3.8, 4) is 0 Å². The topological polar surface area (TPSA) is 79.8 Å². The van der Waals surface area contributed by atoms with Crippen LogP contribution in [0, 0.1) is 12.7 Å². The molecule has 23 heavy (non-hydrogen) atoms. The van der Waals surface area contributed by atoms with Crippen molar-refractivity contribution in [1.82, 2.24) is 19.9 Å². The summed E-state index contributed by atoms with van der Waals surface area (Å²) < 4.78 is 15.0. The number of hydrogen-bond acceptors (Lipinski definition) is 3. The average molecular weight is 314 g/mol. The fourth-order valence-electron chi connectivity index (χ4n) is 2.53. The summed E-state index contributed by atoms with van der Waals surface area (Å²) in [7, 11) is 1.74. The Bertz CT molecular complexity index is 958. The van der Waals surface area contributed by atoms with Gasteiger partial charge in [-0.15, -0.1) is 0 Å². The standard InChI is InChI=1S/C16H15FN4O2/c1-9-19-12(7-15(22)20-9)8-18-16(23)14-6-10-5-11(17)3-4-13(10)21(14)2/h3-7H,8H2,1-2H3,(H,18,23)(H,19,20,22). The molecular formula is C16H15FN4O2. The molecule has 0 saturated heterocycles. The van der Waals surface area contributed by atoms with E-state index in [4.69, 9.17) is 0 Å². The second-order valence-electron chi connectivity index (χ2n) is 5.30. The molecule has 0 atom stereocenters. The number of aryl methyl sites for hydroxylation is 2. The summed E-state index contributed by atoms with van der Waals surface area (Å²) in [6, 6.07) is 7.33. The lowest BCUT2D eigenvalue weighted by molar-refractivity contribution is 0.0942. The number of nitrogens with one attached hydrogen (secondary N) is 2. The molecule has 0 radical (unpaired) electrons.